The van der Waals surface area contributed by atoms with E-state index in [2.05, 4.69) is 96.4 Å². The fourth-order valence-corrected chi connectivity index (χ4v) is 4.63. The molecule has 1 aliphatic heterocycles. The van der Waals surface area contributed by atoms with Gasteiger partial charge in [0, 0.05) is 12.2 Å². The zero-order chi connectivity index (χ0) is 20.2. The highest BCUT2D eigenvalue weighted by molar-refractivity contribution is 5.68. The maximum atomic E-state index is 3.33. The van der Waals surface area contributed by atoms with E-state index in [0.29, 0.717) is 0 Å². The summed E-state index contributed by atoms with van der Waals surface area (Å²) in [4.78, 5) is 0. The van der Waals surface area contributed by atoms with Crippen LogP contribution in [0.1, 0.15) is 29.5 Å². The number of nitrogens with one attached hydrogen (secondary N) is 1. The molecule has 0 bridgehead atoms. The van der Waals surface area contributed by atoms with Crippen molar-refractivity contribution in [2.45, 2.75) is 25.7 Å². The minimum atomic E-state index is 0.904. The number of para-hydroxylation sites is 1. The van der Waals surface area contributed by atoms with E-state index in [1.165, 1.54) is 51.4 Å². The molecule has 0 amide bonds. The molecule has 0 unspecified atom stereocenters. The lowest BCUT2D eigenvalue weighted by Gasteiger charge is -2.16. The second kappa shape index (κ2) is 8.59. The molecule has 1 nitrogen and oxygen atoms in total. The summed E-state index contributed by atoms with van der Waals surface area (Å²) < 4.78 is 0. The maximum Gasteiger partial charge on any atom is 0.0416 e. The van der Waals surface area contributed by atoms with Gasteiger partial charge >= 0.3 is 0 Å². The van der Waals surface area contributed by atoms with E-state index < -0.39 is 0 Å². The summed E-state index contributed by atoms with van der Waals surface area (Å²) in [5.41, 5.74) is 5.63. The molecule has 0 saturated carbocycles. The van der Waals surface area contributed by atoms with Gasteiger partial charge in [0.1, 0.15) is 0 Å². The lowest BCUT2D eigenvalue weighted by molar-refractivity contribution is 0.824. The van der Waals surface area contributed by atoms with Gasteiger partial charge in [0.25, 0.3) is 0 Å². The van der Waals surface area contributed by atoms with Gasteiger partial charge in [-0.1, -0.05) is 91.1 Å². The van der Waals surface area contributed by atoms with Gasteiger partial charge in [0.15, 0.2) is 0 Å². The van der Waals surface area contributed by atoms with E-state index in [4.69, 9.17) is 0 Å². The smallest absolute Gasteiger partial charge is 0.0416 e. The van der Waals surface area contributed by atoms with Gasteiger partial charge in [-0.3, -0.25) is 0 Å². The SMILES string of the molecule is C1=CCNc2ccccc2C=C1.C1=c2ccc3c(c2CCC1)CC=c1ccccc1=3. The molecule has 3 aromatic carbocycles. The van der Waals surface area contributed by atoms with Crippen molar-refractivity contribution < 1.29 is 0 Å². The lowest BCUT2D eigenvalue weighted by atomic mass is 9.89. The highest BCUT2D eigenvalue weighted by atomic mass is 14.9. The van der Waals surface area contributed by atoms with E-state index >= 15 is 0 Å². The number of allylic oxidation sites excluding steroid dienone is 2. The predicted octanol–water partition coefficient (Wildman–Crippen LogP) is 5.11. The summed E-state index contributed by atoms with van der Waals surface area (Å²) in [5.74, 6) is 0. The topological polar surface area (TPSA) is 12.0 Å². The monoisotopic (exact) mass is 389 g/mol. The second-order valence-corrected chi connectivity index (χ2v) is 8.01. The highest BCUT2D eigenvalue weighted by Gasteiger charge is 2.10. The Balaban J connectivity index is 0.000000140. The molecule has 2 aliphatic carbocycles. The van der Waals surface area contributed by atoms with Crippen molar-refractivity contribution in [2.24, 2.45) is 0 Å². The third-order valence-electron chi connectivity index (χ3n) is 6.13. The Morgan fingerprint density at radius 1 is 0.700 bits per heavy atom. The molecule has 148 valence electrons. The first-order valence-corrected chi connectivity index (χ1v) is 11.0. The van der Waals surface area contributed by atoms with Gasteiger partial charge < -0.3 is 5.32 Å². The number of benzene rings is 3. The van der Waals surface area contributed by atoms with Crippen LogP contribution in [0.2, 0.25) is 0 Å². The Morgan fingerprint density at radius 2 is 1.60 bits per heavy atom. The Labute approximate surface area is 178 Å². The largest absolute Gasteiger partial charge is 0.381 e. The third-order valence-corrected chi connectivity index (χ3v) is 6.13. The molecule has 0 spiro atoms. The van der Waals surface area contributed by atoms with Crippen molar-refractivity contribution in [1.29, 1.82) is 0 Å². The third kappa shape index (κ3) is 3.76. The number of hydrogen-bond acceptors (Lipinski definition) is 1. The van der Waals surface area contributed by atoms with E-state index in [-0.39, 0.29) is 0 Å². The molecule has 30 heavy (non-hydrogen) atoms. The van der Waals surface area contributed by atoms with Gasteiger partial charge in [0.05, 0.1) is 0 Å². The first-order chi connectivity index (χ1) is 14.9. The Kier molecular flexibility index (Phi) is 5.35. The molecule has 0 aromatic heterocycles. The average Bonchev–Trinajstić information content (AvgIpc) is 2.79. The van der Waals surface area contributed by atoms with Crippen molar-refractivity contribution in [3.8, 4) is 0 Å². The highest BCUT2D eigenvalue weighted by Crippen LogP contribution is 2.18. The minimum Gasteiger partial charge on any atom is -0.381 e. The average molecular weight is 390 g/mol. The van der Waals surface area contributed by atoms with Crippen LogP contribution in [0.25, 0.3) is 18.2 Å². The second-order valence-electron chi connectivity index (χ2n) is 8.01. The normalized spacial score (nSPS) is 15.2. The van der Waals surface area contributed by atoms with Crippen molar-refractivity contribution in [2.75, 3.05) is 11.9 Å². The molecule has 0 saturated heterocycles. The summed E-state index contributed by atoms with van der Waals surface area (Å²) in [6, 6.07) is 21.7. The maximum absolute atomic E-state index is 3.33. The molecule has 0 atom stereocenters. The fraction of sp³-hybridized carbons (Fsp3) is 0.172. The van der Waals surface area contributed by atoms with Crippen LogP contribution in [0.4, 0.5) is 5.69 Å². The first kappa shape index (κ1) is 18.7. The van der Waals surface area contributed by atoms with E-state index in [1.807, 2.05) is 6.07 Å². The van der Waals surface area contributed by atoms with E-state index in [9.17, 15) is 0 Å². The van der Waals surface area contributed by atoms with Gasteiger partial charge in [0.2, 0.25) is 0 Å². The molecule has 1 heterocycles. The van der Waals surface area contributed by atoms with Crippen LogP contribution in [0.5, 0.6) is 0 Å². The summed E-state index contributed by atoms with van der Waals surface area (Å²) in [6.45, 7) is 0.904. The Morgan fingerprint density at radius 3 is 2.60 bits per heavy atom. The molecule has 6 rings (SSSR count). The van der Waals surface area contributed by atoms with Gasteiger partial charge in [-0.05, 0) is 69.3 Å². The number of fused-ring (bicyclic) bond motifs is 5. The number of hydrogen-bond donors (Lipinski definition) is 1. The van der Waals surface area contributed by atoms with Crippen LogP contribution >= 0.6 is 0 Å². The summed E-state index contributed by atoms with van der Waals surface area (Å²) in [5, 5.41) is 9.07. The van der Waals surface area contributed by atoms with E-state index in [1.54, 1.807) is 11.1 Å². The van der Waals surface area contributed by atoms with Crippen molar-refractivity contribution in [3.63, 3.8) is 0 Å². The summed E-state index contributed by atoms with van der Waals surface area (Å²) in [7, 11) is 0. The zero-order valence-corrected chi connectivity index (χ0v) is 17.3. The van der Waals surface area contributed by atoms with Crippen LogP contribution in [0.3, 0.4) is 0 Å². The molecular weight excluding hydrogens is 362 g/mol. The van der Waals surface area contributed by atoms with Crippen LogP contribution in [-0.4, -0.2) is 6.54 Å². The first-order valence-electron chi connectivity index (χ1n) is 11.0. The molecule has 0 radical (unpaired) electrons. The molecule has 3 aliphatic rings. The summed E-state index contributed by atoms with van der Waals surface area (Å²) in [6.07, 6.45) is 18.0. The number of anilines is 1. The molecule has 1 N–H and O–H groups in total. The Bertz CT molecular complexity index is 1340. The van der Waals surface area contributed by atoms with Gasteiger partial charge in [-0.25, -0.2) is 0 Å². The van der Waals surface area contributed by atoms with E-state index in [0.717, 1.165) is 13.0 Å². The van der Waals surface area contributed by atoms with Crippen LogP contribution in [-0.2, 0) is 12.8 Å². The van der Waals surface area contributed by atoms with Crippen molar-refractivity contribution >= 4 is 23.9 Å². The molecular formula is C29H27N. The summed E-state index contributed by atoms with van der Waals surface area (Å²) >= 11 is 0. The van der Waals surface area contributed by atoms with Crippen LogP contribution in [0, 0.1) is 10.4 Å². The van der Waals surface area contributed by atoms with Gasteiger partial charge in [-0.2, -0.15) is 0 Å². The van der Waals surface area contributed by atoms with Crippen molar-refractivity contribution in [3.05, 3.63) is 116 Å². The fourth-order valence-electron chi connectivity index (χ4n) is 4.63. The quantitative estimate of drug-likeness (QED) is 0.563. The van der Waals surface area contributed by atoms with Gasteiger partial charge in [-0.15, -0.1) is 0 Å². The van der Waals surface area contributed by atoms with Crippen LogP contribution < -0.4 is 15.8 Å². The van der Waals surface area contributed by atoms with Crippen LogP contribution in [0.15, 0.2) is 78.9 Å². The standard InChI is InChI=1S/C18H16.C11H11N/c1-3-7-15-13(5-1)9-11-18-16-8-4-2-6-14(16)10-12-17(15)18;1-2-6-10-7-3-4-8-11(10)12-9-5-1/h1,3,5-7,9-10,12H,2,4,8,11H2;1-8,12H,9H2. The van der Waals surface area contributed by atoms with Crippen molar-refractivity contribution in [1.82, 2.24) is 0 Å². The predicted molar refractivity (Wildman–Crippen MR) is 128 cm³/mol. The lowest BCUT2D eigenvalue weighted by Crippen LogP contribution is -2.19. The number of rotatable bonds is 0. The zero-order valence-electron chi connectivity index (χ0n) is 17.3. The minimum absolute atomic E-state index is 0.904. The molecule has 0 fully saturated rings. The Hall–Kier alpha value is -3.32. The molecule has 3 aromatic rings. The molecule has 1 heteroatoms.